The first-order valence-corrected chi connectivity index (χ1v) is 9.75. The quantitative estimate of drug-likeness (QED) is 0.202. The summed E-state index contributed by atoms with van der Waals surface area (Å²) in [6.07, 6.45) is 2.88. The van der Waals surface area contributed by atoms with E-state index >= 15 is 0 Å². The first-order valence-electron chi connectivity index (χ1n) is 9.75. The number of ketones is 1. The number of fused-ring (bicyclic) bond motifs is 1. The zero-order chi connectivity index (χ0) is 22.7. The van der Waals surface area contributed by atoms with Crippen LogP contribution < -0.4 is 10.3 Å². The van der Waals surface area contributed by atoms with Crippen LogP contribution in [0.1, 0.15) is 15.9 Å². The number of non-ortho nitro benzene ring substituents is 1. The minimum Gasteiger partial charge on any atom is -0.496 e. The Bertz CT molecular complexity index is 1420. The van der Waals surface area contributed by atoms with Crippen LogP contribution in [0, 0.1) is 10.1 Å². The van der Waals surface area contributed by atoms with E-state index in [2.05, 4.69) is 4.98 Å². The van der Waals surface area contributed by atoms with Gasteiger partial charge in [-0.3, -0.25) is 19.7 Å². The maximum atomic E-state index is 13.2. The number of carbonyl (C=O) groups excluding carboxylic acids is 1. The Labute approximate surface area is 182 Å². The molecule has 1 N–H and O–H groups in total. The highest BCUT2D eigenvalue weighted by Crippen LogP contribution is 2.32. The second-order valence-corrected chi connectivity index (χ2v) is 7.00. The van der Waals surface area contributed by atoms with Gasteiger partial charge in [0.15, 0.2) is 5.78 Å². The Morgan fingerprint density at radius 3 is 2.47 bits per heavy atom. The summed E-state index contributed by atoms with van der Waals surface area (Å²) in [6.45, 7) is 0. The van der Waals surface area contributed by atoms with Crippen molar-refractivity contribution in [3.05, 3.63) is 110 Å². The van der Waals surface area contributed by atoms with Gasteiger partial charge in [0, 0.05) is 34.2 Å². The lowest BCUT2D eigenvalue weighted by Crippen LogP contribution is -2.18. The molecule has 7 heteroatoms. The first-order chi connectivity index (χ1) is 15.5. The van der Waals surface area contributed by atoms with Crippen LogP contribution in [0.2, 0.25) is 0 Å². The van der Waals surface area contributed by atoms with Crippen LogP contribution in [0.5, 0.6) is 5.75 Å². The van der Waals surface area contributed by atoms with Gasteiger partial charge in [0.1, 0.15) is 5.75 Å². The third kappa shape index (κ3) is 3.91. The maximum Gasteiger partial charge on any atom is 0.270 e. The molecule has 0 saturated heterocycles. The number of methoxy groups -OCH3 is 1. The van der Waals surface area contributed by atoms with E-state index in [0.717, 1.165) is 0 Å². The molecule has 4 rings (SSSR count). The average molecular weight is 426 g/mol. The summed E-state index contributed by atoms with van der Waals surface area (Å²) >= 11 is 0. The van der Waals surface area contributed by atoms with E-state index in [1.54, 1.807) is 42.5 Å². The average Bonchev–Trinajstić information content (AvgIpc) is 2.82. The van der Waals surface area contributed by atoms with E-state index in [1.165, 1.54) is 31.4 Å². The van der Waals surface area contributed by atoms with Gasteiger partial charge >= 0.3 is 0 Å². The van der Waals surface area contributed by atoms with Crippen molar-refractivity contribution < 1.29 is 14.5 Å². The van der Waals surface area contributed by atoms with Gasteiger partial charge < -0.3 is 9.72 Å². The van der Waals surface area contributed by atoms with Crippen LogP contribution in [0.4, 0.5) is 5.69 Å². The molecular weight excluding hydrogens is 408 g/mol. The van der Waals surface area contributed by atoms with Crippen LogP contribution in [0.15, 0.2) is 83.7 Å². The van der Waals surface area contributed by atoms with Gasteiger partial charge in [-0.05, 0) is 29.8 Å². The van der Waals surface area contributed by atoms with Crippen molar-refractivity contribution in [1.29, 1.82) is 0 Å². The molecular formula is C25H18N2O5. The van der Waals surface area contributed by atoms with Gasteiger partial charge in [0.25, 0.3) is 11.2 Å². The molecule has 0 aliphatic rings. The molecule has 0 bridgehead atoms. The fraction of sp³-hybridized carbons (Fsp3) is 0.0400. The maximum absolute atomic E-state index is 13.2. The second kappa shape index (κ2) is 8.69. The number of benzene rings is 3. The molecule has 0 saturated carbocycles. The Balaban J connectivity index is 1.95. The van der Waals surface area contributed by atoms with E-state index in [4.69, 9.17) is 4.74 Å². The summed E-state index contributed by atoms with van der Waals surface area (Å²) in [7, 11) is 1.53. The van der Waals surface area contributed by atoms with E-state index in [-0.39, 0.29) is 11.3 Å². The lowest BCUT2D eigenvalue weighted by molar-refractivity contribution is -0.384. The molecule has 0 aliphatic carbocycles. The number of aromatic nitrogens is 1. The molecule has 1 heterocycles. The highest BCUT2D eigenvalue weighted by atomic mass is 16.6. The number of nitrogens with zero attached hydrogens (tertiary/aromatic N) is 1. The lowest BCUT2D eigenvalue weighted by atomic mass is 9.93. The predicted molar refractivity (Wildman–Crippen MR) is 123 cm³/mol. The van der Waals surface area contributed by atoms with Crippen LogP contribution in [0.25, 0.3) is 28.1 Å². The predicted octanol–water partition coefficient (Wildman–Crippen LogP) is 5.01. The molecule has 0 amide bonds. The molecule has 0 unspecified atom stereocenters. The van der Waals surface area contributed by atoms with Crippen molar-refractivity contribution in [3.63, 3.8) is 0 Å². The van der Waals surface area contributed by atoms with Crippen molar-refractivity contribution in [2.75, 3.05) is 7.11 Å². The number of hydrogen-bond donors (Lipinski definition) is 1. The zero-order valence-electron chi connectivity index (χ0n) is 17.1. The van der Waals surface area contributed by atoms with Crippen molar-refractivity contribution in [3.8, 4) is 16.9 Å². The molecule has 0 aliphatic heterocycles. The molecule has 158 valence electrons. The van der Waals surface area contributed by atoms with E-state index in [0.29, 0.717) is 33.3 Å². The third-order valence-corrected chi connectivity index (χ3v) is 5.07. The Kier molecular flexibility index (Phi) is 5.63. The molecule has 7 nitrogen and oxygen atoms in total. The molecule has 0 spiro atoms. The minimum atomic E-state index is -0.570. The SMILES string of the molecule is COc1ccccc1/C=C\C(=O)c1c(-c2ccccc2)c2cc([N+](=O)[O-])ccc2[nH]c1=O. The summed E-state index contributed by atoms with van der Waals surface area (Å²) in [5.41, 5.74) is 1.25. The molecule has 0 fully saturated rings. The number of rotatable bonds is 6. The number of H-pyrrole nitrogens is 1. The van der Waals surface area contributed by atoms with Crippen molar-refractivity contribution >= 4 is 28.4 Å². The fourth-order valence-corrected chi connectivity index (χ4v) is 3.59. The van der Waals surface area contributed by atoms with Crippen LogP contribution in [-0.2, 0) is 0 Å². The van der Waals surface area contributed by atoms with E-state index in [9.17, 15) is 19.7 Å². The van der Waals surface area contributed by atoms with Gasteiger partial charge in [-0.15, -0.1) is 0 Å². The monoisotopic (exact) mass is 426 g/mol. The standard InChI is InChI=1S/C25H18N2O5/c1-32-22-10-6-5-7-16(22)11-14-21(28)24-23(17-8-3-2-4-9-17)19-15-18(27(30)31)12-13-20(19)26-25(24)29/h2-15H,1H3,(H,26,29)/b14-11-. The molecule has 32 heavy (non-hydrogen) atoms. The van der Waals surface area contributed by atoms with Gasteiger partial charge in [0.05, 0.1) is 17.6 Å². The topological polar surface area (TPSA) is 102 Å². The number of nitrogens with one attached hydrogen (secondary N) is 1. The molecule has 0 radical (unpaired) electrons. The summed E-state index contributed by atoms with van der Waals surface area (Å²) in [5.74, 6) is 0.0623. The largest absolute Gasteiger partial charge is 0.496 e. The van der Waals surface area contributed by atoms with Crippen LogP contribution in [-0.4, -0.2) is 22.8 Å². The Morgan fingerprint density at radius 1 is 1.03 bits per heavy atom. The Morgan fingerprint density at radius 2 is 1.75 bits per heavy atom. The molecule has 1 aromatic heterocycles. The second-order valence-electron chi connectivity index (χ2n) is 7.00. The summed E-state index contributed by atoms with van der Waals surface area (Å²) < 4.78 is 5.30. The van der Waals surface area contributed by atoms with Gasteiger partial charge in [-0.25, -0.2) is 0 Å². The lowest BCUT2D eigenvalue weighted by Gasteiger charge is -2.11. The first kappa shape index (κ1) is 20.7. The number of pyridine rings is 1. The van der Waals surface area contributed by atoms with Gasteiger partial charge in [-0.1, -0.05) is 48.5 Å². The number of nitro groups is 1. The minimum absolute atomic E-state index is 0.0876. The van der Waals surface area contributed by atoms with Crippen molar-refractivity contribution in [2.45, 2.75) is 0 Å². The number of nitro benzene ring substituents is 1. The van der Waals surface area contributed by atoms with Gasteiger partial charge in [-0.2, -0.15) is 0 Å². The summed E-state index contributed by atoms with van der Waals surface area (Å²) in [5, 5.41) is 11.8. The summed E-state index contributed by atoms with van der Waals surface area (Å²) in [6, 6.07) is 20.2. The third-order valence-electron chi connectivity index (χ3n) is 5.07. The van der Waals surface area contributed by atoms with Gasteiger partial charge in [0.2, 0.25) is 0 Å². The zero-order valence-corrected chi connectivity index (χ0v) is 17.1. The smallest absolute Gasteiger partial charge is 0.270 e. The fourth-order valence-electron chi connectivity index (χ4n) is 3.59. The van der Waals surface area contributed by atoms with Crippen molar-refractivity contribution in [1.82, 2.24) is 4.98 Å². The summed E-state index contributed by atoms with van der Waals surface area (Å²) in [4.78, 5) is 39.7. The van der Waals surface area contributed by atoms with E-state index < -0.39 is 16.3 Å². The molecule has 4 aromatic rings. The highest BCUT2D eigenvalue weighted by molar-refractivity contribution is 6.15. The highest BCUT2D eigenvalue weighted by Gasteiger charge is 2.21. The Hall–Kier alpha value is -4.52. The normalized spacial score (nSPS) is 11.0. The number of carbonyl (C=O) groups is 1. The van der Waals surface area contributed by atoms with Crippen LogP contribution >= 0.6 is 0 Å². The number of para-hydroxylation sites is 1. The molecule has 0 atom stereocenters. The molecule has 3 aromatic carbocycles. The number of aromatic amines is 1. The number of ether oxygens (including phenoxy) is 1. The number of hydrogen-bond acceptors (Lipinski definition) is 5. The van der Waals surface area contributed by atoms with Crippen LogP contribution in [0.3, 0.4) is 0 Å². The van der Waals surface area contributed by atoms with E-state index in [1.807, 2.05) is 18.2 Å². The van der Waals surface area contributed by atoms with Crippen molar-refractivity contribution in [2.24, 2.45) is 0 Å². The number of allylic oxidation sites excluding steroid dienone is 1.